The van der Waals surface area contributed by atoms with Crippen LogP contribution >= 0.6 is 0 Å². The number of allylic oxidation sites excluding steroid dienone is 1. The van der Waals surface area contributed by atoms with E-state index in [1.165, 1.54) is 19.3 Å². The molecule has 0 spiro atoms. The highest BCUT2D eigenvalue weighted by molar-refractivity contribution is 6.11. The maximum Gasteiger partial charge on any atom is 0.193 e. The van der Waals surface area contributed by atoms with E-state index in [0.717, 1.165) is 12.0 Å². The average Bonchev–Trinajstić information content (AvgIpc) is 2.59. The number of carbonyl (C=O) groups excluding carboxylic acids is 1. The smallest absolute Gasteiger partial charge is 0.193 e. The molecule has 1 aliphatic heterocycles. The van der Waals surface area contributed by atoms with Crippen LogP contribution in [0.25, 0.3) is 6.08 Å². The van der Waals surface area contributed by atoms with Crippen LogP contribution in [0.15, 0.2) is 36.4 Å². The van der Waals surface area contributed by atoms with Gasteiger partial charge in [-0.3, -0.25) is 4.79 Å². The number of hydrogen-bond acceptors (Lipinski definition) is 5. The number of methoxy groups -OCH3 is 1. The lowest BCUT2D eigenvalue weighted by Gasteiger charge is -2.34. The molecular weight excluding hydrogens is 332 g/mol. The fraction of sp³-hybridized carbons (Fsp3) is 0.286. The molecule has 2 aromatic carbocycles. The zero-order chi connectivity index (χ0) is 18.9. The van der Waals surface area contributed by atoms with E-state index in [1.807, 2.05) is 13.8 Å². The second-order valence-electron chi connectivity index (χ2n) is 6.93. The van der Waals surface area contributed by atoms with Gasteiger partial charge in [0.1, 0.15) is 34.2 Å². The maximum atomic E-state index is 12.9. The molecule has 5 heteroatoms. The lowest BCUT2D eigenvalue weighted by molar-refractivity contribution is 0.0800. The molecular formula is C21H22O5. The van der Waals surface area contributed by atoms with Crippen LogP contribution in [-0.4, -0.2) is 28.7 Å². The van der Waals surface area contributed by atoms with Crippen molar-refractivity contribution in [2.75, 3.05) is 7.11 Å². The summed E-state index contributed by atoms with van der Waals surface area (Å²) in [5.41, 5.74) is 1.29. The van der Waals surface area contributed by atoms with E-state index < -0.39 is 5.60 Å². The minimum Gasteiger partial charge on any atom is -0.508 e. The zero-order valence-electron chi connectivity index (χ0n) is 15.1. The number of benzene rings is 2. The largest absolute Gasteiger partial charge is 0.508 e. The van der Waals surface area contributed by atoms with E-state index in [2.05, 4.69) is 0 Å². The van der Waals surface area contributed by atoms with Crippen molar-refractivity contribution in [3.63, 3.8) is 0 Å². The Morgan fingerprint density at radius 3 is 2.58 bits per heavy atom. The number of phenolic OH excluding ortho intramolecular Hbond substituents is 2. The normalized spacial score (nSPS) is 15.3. The first kappa shape index (κ1) is 17.9. The van der Waals surface area contributed by atoms with E-state index in [1.54, 1.807) is 30.3 Å². The number of carbonyl (C=O) groups is 1. The molecule has 26 heavy (non-hydrogen) atoms. The van der Waals surface area contributed by atoms with Crippen molar-refractivity contribution in [3.05, 3.63) is 53.1 Å². The number of ether oxygens (including phenoxy) is 2. The maximum absolute atomic E-state index is 12.9. The van der Waals surface area contributed by atoms with Gasteiger partial charge in [0.25, 0.3) is 0 Å². The molecule has 2 N–H and O–H groups in total. The molecule has 0 radical (unpaired) electrons. The Morgan fingerprint density at radius 2 is 1.92 bits per heavy atom. The van der Waals surface area contributed by atoms with Crippen LogP contribution in [0.5, 0.6) is 23.0 Å². The number of hydrogen-bond donors (Lipinski definition) is 2. The van der Waals surface area contributed by atoms with Crippen LogP contribution in [0.2, 0.25) is 0 Å². The molecule has 0 amide bonds. The Hall–Kier alpha value is -2.95. The summed E-state index contributed by atoms with van der Waals surface area (Å²) in [6.45, 7) is 3.90. The standard InChI is InChI=1S/C21H22O5/c1-21(2)11-10-15-17(24)12-18(25-3)19(20(15)26-21)16(23)9-6-13-4-7-14(22)8-5-13/h4-9,12,22,24H,10-11H2,1-3H3/b9-6+. The molecule has 0 saturated heterocycles. The molecule has 5 nitrogen and oxygen atoms in total. The van der Waals surface area contributed by atoms with Gasteiger partial charge in [-0.25, -0.2) is 0 Å². The van der Waals surface area contributed by atoms with Crippen LogP contribution in [-0.2, 0) is 6.42 Å². The van der Waals surface area contributed by atoms with E-state index in [9.17, 15) is 15.0 Å². The van der Waals surface area contributed by atoms with Crippen LogP contribution < -0.4 is 9.47 Å². The quantitative estimate of drug-likeness (QED) is 0.638. The van der Waals surface area contributed by atoms with E-state index in [4.69, 9.17) is 9.47 Å². The Bertz CT molecular complexity index is 863. The highest BCUT2D eigenvalue weighted by atomic mass is 16.5. The SMILES string of the molecule is COc1cc(O)c2c(c1C(=O)/C=C/c1ccc(O)cc1)OC(C)(C)CC2. The first-order valence-electron chi connectivity index (χ1n) is 8.44. The number of aromatic hydroxyl groups is 2. The second kappa shape index (κ2) is 6.75. The number of phenols is 2. The third-order valence-electron chi connectivity index (χ3n) is 4.47. The van der Waals surface area contributed by atoms with Crippen LogP contribution in [0, 0.1) is 0 Å². The molecule has 0 fully saturated rings. The van der Waals surface area contributed by atoms with Gasteiger partial charge in [0.2, 0.25) is 0 Å². The second-order valence-corrected chi connectivity index (χ2v) is 6.93. The summed E-state index contributed by atoms with van der Waals surface area (Å²) in [5.74, 6) is 0.631. The Morgan fingerprint density at radius 1 is 1.23 bits per heavy atom. The first-order chi connectivity index (χ1) is 12.3. The van der Waals surface area contributed by atoms with Crippen LogP contribution in [0.3, 0.4) is 0 Å². The summed E-state index contributed by atoms with van der Waals surface area (Å²) >= 11 is 0. The Labute approximate surface area is 152 Å². The summed E-state index contributed by atoms with van der Waals surface area (Å²) in [6.07, 6.45) is 4.47. The van der Waals surface area contributed by atoms with Gasteiger partial charge in [-0.1, -0.05) is 18.2 Å². The fourth-order valence-corrected chi connectivity index (χ4v) is 3.01. The highest BCUT2D eigenvalue weighted by Gasteiger charge is 2.33. The predicted molar refractivity (Wildman–Crippen MR) is 99.2 cm³/mol. The predicted octanol–water partition coefficient (Wildman–Crippen LogP) is 4.11. The third kappa shape index (κ3) is 3.52. The van der Waals surface area contributed by atoms with E-state index >= 15 is 0 Å². The lowest BCUT2D eigenvalue weighted by Crippen LogP contribution is -2.33. The Balaban J connectivity index is 2.03. The molecule has 0 bridgehead atoms. The van der Waals surface area contributed by atoms with Crippen molar-refractivity contribution in [3.8, 4) is 23.0 Å². The van der Waals surface area contributed by atoms with Gasteiger partial charge >= 0.3 is 0 Å². The van der Waals surface area contributed by atoms with Crippen molar-refractivity contribution in [2.45, 2.75) is 32.3 Å². The van der Waals surface area contributed by atoms with Crippen molar-refractivity contribution >= 4 is 11.9 Å². The summed E-state index contributed by atoms with van der Waals surface area (Å²) in [7, 11) is 1.45. The topological polar surface area (TPSA) is 76.0 Å². The van der Waals surface area contributed by atoms with Crippen molar-refractivity contribution in [1.82, 2.24) is 0 Å². The summed E-state index contributed by atoms with van der Waals surface area (Å²) in [4.78, 5) is 12.9. The molecule has 1 heterocycles. The molecule has 1 aliphatic rings. The zero-order valence-corrected chi connectivity index (χ0v) is 15.1. The monoisotopic (exact) mass is 354 g/mol. The fourth-order valence-electron chi connectivity index (χ4n) is 3.01. The molecule has 0 atom stereocenters. The third-order valence-corrected chi connectivity index (χ3v) is 4.47. The van der Waals surface area contributed by atoms with Gasteiger partial charge in [-0.05, 0) is 50.5 Å². The molecule has 0 aromatic heterocycles. The summed E-state index contributed by atoms with van der Waals surface area (Å²) < 4.78 is 11.4. The highest BCUT2D eigenvalue weighted by Crippen LogP contribution is 2.45. The van der Waals surface area contributed by atoms with Crippen molar-refractivity contribution in [2.24, 2.45) is 0 Å². The number of rotatable bonds is 4. The van der Waals surface area contributed by atoms with Gasteiger partial charge in [-0.15, -0.1) is 0 Å². The minimum atomic E-state index is -0.429. The van der Waals surface area contributed by atoms with Gasteiger partial charge in [-0.2, -0.15) is 0 Å². The first-order valence-corrected chi connectivity index (χ1v) is 8.44. The molecule has 2 aromatic rings. The van der Waals surface area contributed by atoms with Gasteiger partial charge in [0, 0.05) is 11.6 Å². The van der Waals surface area contributed by atoms with Crippen molar-refractivity contribution < 1.29 is 24.5 Å². The molecule has 0 saturated carbocycles. The van der Waals surface area contributed by atoms with Gasteiger partial charge in [0.15, 0.2) is 5.78 Å². The minimum absolute atomic E-state index is 0.0754. The summed E-state index contributed by atoms with van der Waals surface area (Å²) in [5, 5.41) is 19.6. The van der Waals surface area contributed by atoms with E-state index in [0.29, 0.717) is 23.3 Å². The van der Waals surface area contributed by atoms with Gasteiger partial charge < -0.3 is 19.7 Å². The van der Waals surface area contributed by atoms with Crippen molar-refractivity contribution in [1.29, 1.82) is 0 Å². The van der Waals surface area contributed by atoms with E-state index in [-0.39, 0.29) is 23.0 Å². The number of ketones is 1. The molecule has 3 rings (SSSR count). The number of fused-ring (bicyclic) bond motifs is 1. The molecule has 136 valence electrons. The van der Waals surface area contributed by atoms with Crippen LogP contribution in [0.4, 0.5) is 0 Å². The molecule has 0 unspecified atom stereocenters. The lowest BCUT2D eigenvalue weighted by atomic mass is 9.90. The average molecular weight is 354 g/mol. The van der Waals surface area contributed by atoms with Crippen LogP contribution in [0.1, 0.15) is 41.8 Å². The Kier molecular flexibility index (Phi) is 4.64. The molecule has 0 aliphatic carbocycles. The van der Waals surface area contributed by atoms with Gasteiger partial charge in [0.05, 0.1) is 7.11 Å². The summed E-state index contributed by atoms with van der Waals surface area (Å²) in [6, 6.07) is 7.99.